The molecule has 0 fully saturated rings. The monoisotopic (exact) mass is 220 g/mol. The van der Waals surface area contributed by atoms with E-state index in [1.807, 2.05) is 22.9 Å². The molecular weight excluding hydrogens is 204 g/mol. The predicted octanol–water partition coefficient (Wildman–Crippen LogP) is 1.30. The standard InChI is InChI=1S/C12H16N2O2/c15-7-2-1-6-14-8-10(9-16)11-4-3-5-13-12(11)14/h3-5,8,15-16H,1-2,6-7,9H2. The zero-order chi connectivity index (χ0) is 11.4. The second kappa shape index (κ2) is 5.09. The van der Waals surface area contributed by atoms with E-state index in [9.17, 15) is 5.11 Å². The Balaban J connectivity index is 2.30. The number of fused-ring (bicyclic) bond motifs is 1. The lowest BCUT2D eigenvalue weighted by Crippen LogP contribution is -1.98. The first-order chi connectivity index (χ1) is 7.86. The first kappa shape index (κ1) is 11.1. The van der Waals surface area contributed by atoms with Crippen LogP contribution < -0.4 is 0 Å². The van der Waals surface area contributed by atoms with E-state index in [0.717, 1.165) is 36.0 Å². The van der Waals surface area contributed by atoms with Gasteiger partial charge < -0.3 is 14.8 Å². The van der Waals surface area contributed by atoms with E-state index in [1.165, 1.54) is 0 Å². The maximum absolute atomic E-state index is 9.24. The van der Waals surface area contributed by atoms with Gasteiger partial charge in [0.15, 0.2) is 0 Å². The Labute approximate surface area is 94.2 Å². The number of aliphatic hydroxyl groups excluding tert-OH is 2. The highest BCUT2D eigenvalue weighted by molar-refractivity contribution is 5.80. The third kappa shape index (κ3) is 2.08. The summed E-state index contributed by atoms with van der Waals surface area (Å²) >= 11 is 0. The minimum atomic E-state index is 0.0369. The lowest BCUT2D eigenvalue weighted by atomic mass is 10.2. The summed E-state index contributed by atoms with van der Waals surface area (Å²) in [5.41, 5.74) is 1.82. The lowest BCUT2D eigenvalue weighted by molar-refractivity contribution is 0.279. The van der Waals surface area contributed by atoms with Gasteiger partial charge in [0.1, 0.15) is 5.65 Å². The molecule has 0 radical (unpaired) electrons. The summed E-state index contributed by atoms with van der Waals surface area (Å²) in [4.78, 5) is 4.32. The summed E-state index contributed by atoms with van der Waals surface area (Å²) in [5.74, 6) is 0. The number of unbranched alkanes of at least 4 members (excludes halogenated alkanes) is 1. The number of aromatic nitrogens is 2. The Hall–Kier alpha value is -1.39. The predicted molar refractivity (Wildman–Crippen MR) is 62.0 cm³/mol. The molecule has 2 aromatic heterocycles. The van der Waals surface area contributed by atoms with Crippen molar-refractivity contribution in [3.8, 4) is 0 Å². The molecule has 2 N–H and O–H groups in total. The lowest BCUT2D eigenvalue weighted by Gasteiger charge is -2.02. The molecule has 0 aliphatic rings. The second-order valence-electron chi connectivity index (χ2n) is 3.81. The number of pyridine rings is 1. The van der Waals surface area contributed by atoms with E-state index in [-0.39, 0.29) is 13.2 Å². The quantitative estimate of drug-likeness (QED) is 0.747. The normalized spacial score (nSPS) is 11.1. The van der Waals surface area contributed by atoms with Gasteiger partial charge in [-0.25, -0.2) is 4.98 Å². The molecule has 0 aromatic carbocycles. The Bertz CT molecular complexity index is 465. The van der Waals surface area contributed by atoms with Crippen LogP contribution in [0.2, 0.25) is 0 Å². The number of hydrogen-bond donors (Lipinski definition) is 2. The highest BCUT2D eigenvalue weighted by Gasteiger charge is 2.07. The largest absolute Gasteiger partial charge is 0.396 e. The van der Waals surface area contributed by atoms with Gasteiger partial charge in [0, 0.05) is 36.5 Å². The van der Waals surface area contributed by atoms with E-state index < -0.39 is 0 Å². The van der Waals surface area contributed by atoms with E-state index in [4.69, 9.17) is 5.11 Å². The molecule has 0 bridgehead atoms. The number of hydrogen-bond acceptors (Lipinski definition) is 3. The zero-order valence-corrected chi connectivity index (χ0v) is 9.13. The number of rotatable bonds is 5. The first-order valence-electron chi connectivity index (χ1n) is 5.51. The number of aliphatic hydroxyl groups is 2. The average molecular weight is 220 g/mol. The Kier molecular flexibility index (Phi) is 3.54. The van der Waals surface area contributed by atoms with Crippen molar-refractivity contribution in [3.05, 3.63) is 30.1 Å². The minimum absolute atomic E-state index is 0.0369. The van der Waals surface area contributed by atoms with Gasteiger partial charge in [-0.05, 0) is 25.0 Å². The Morgan fingerprint density at radius 2 is 2.12 bits per heavy atom. The van der Waals surface area contributed by atoms with Crippen LogP contribution in [0.4, 0.5) is 0 Å². The number of aryl methyl sites for hydroxylation is 1. The van der Waals surface area contributed by atoms with Crippen LogP contribution in [0.5, 0.6) is 0 Å². The molecule has 0 saturated carbocycles. The molecule has 86 valence electrons. The van der Waals surface area contributed by atoms with Crippen molar-refractivity contribution < 1.29 is 10.2 Å². The third-order valence-electron chi connectivity index (χ3n) is 2.69. The molecule has 2 aromatic rings. The Morgan fingerprint density at radius 1 is 1.25 bits per heavy atom. The van der Waals surface area contributed by atoms with Crippen LogP contribution in [-0.4, -0.2) is 26.4 Å². The fraction of sp³-hybridized carbons (Fsp3) is 0.417. The summed E-state index contributed by atoms with van der Waals surface area (Å²) in [5, 5.41) is 19.0. The van der Waals surface area contributed by atoms with Crippen LogP contribution in [0.25, 0.3) is 11.0 Å². The maximum Gasteiger partial charge on any atom is 0.140 e. The molecule has 0 amide bonds. The summed E-state index contributed by atoms with van der Waals surface area (Å²) in [6.07, 6.45) is 5.41. The molecule has 2 rings (SSSR count). The van der Waals surface area contributed by atoms with Gasteiger partial charge in [-0.2, -0.15) is 0 Å². The van der Waals surface area contributed by atoms with Crippen LogP contribution in [-0.2, 0) is 13.2 Å². The second-order valence-corrected chi connectivity index (χ2v) is 3.81. The van der Waals surface area contributed by atoms with E-state index in [0.29, 0.717) is 0 Å². The summed E-state index contributed by atoms with van der Waals surface area (Å²) in [7, 11) is 0. The van der Waals surface area contributed by atoms with Crippen LogP contribution in [0, 0.1) is 0 Å². The zero-order valence-electron chi connectivity index (χ0n) is 9.13. The topological polar surface area (TPSA) is 58.3 Å². The van der Waals surface area contributed by atoms with Crippen molar-refractivity contribution >= 4 is 11.0 Å². The van der Waals surface area contributed by atoms with Crippen molar-refractivity contribution in [2.75, 3.05) is 6.61 Å². The van der Waals surface area contributed by atoms with Crippen molar-refractivity contribution in [1.82, 2.24) is 9.55 Å². The van der Waals surface area contributed by atoms with Crippen molar-refractivity contribution in [2.24, 2.45) is 0 Å². The van der Waals surface area contributed by atoms with Crippen LogP contribution in [0.1, 0.15) is 18.4 Å². The molecule has 16 heavy (non-hydrogen) atoms. The molecular formula is C12H16N2O2. The van der Waals surface area contributed by atoms with Crippen LogP contribution in [0.3, 0.4) is 0 Å². The van der Waals surface area contributed by atoms with E-state index in [1.54, 1.807) is 6.20 Å². The molecule has 0 aliphatic heterocycles. The smallest absolute Gasteiger partial charge is 0.140 e. The van der Waals surface area contributed by atoms with Gasteiger partial charge in [0.05, 0.1) is 6.61 Å². The van der Waals surface area contributed by atoms with Gasteiger partial charge in [-0.3, -0.25) is 0 Å². The molecule has 4 heteroatoms. The van der Waals surface area contributed by atoms with Gasteiger partial charge >= 0.3 is 0 Å². The molecule has 2 heterocycles. The van der Waals surface area contributed by atoms with E-state index in [2.05, 4.69) is 4.98 Å². The van der Waals surface area contributed by atoms with Gasteiger partial charge in [0.2, 0.25) is 0 Å². The van der Waals surface area contributed by atoms with Crippen LogP contribution >= 0.6 is 0 Å². The summed E-state index contributed by atoms with van der Waals surface area (Å²) < 4.78 is 2.04. The van der Waals surface area contributed by atoms with Crippen LogP contribution in [0.15, 0.2) is 24.5 Å². The molecule has 0 aliphatic carbocycles. The van der Waals surface area contributed by atoms with Crippen molar-refractivity contribution in [3.63, 3.8) is 0 Å². The third-order valence-corrected chi connectivity index (χ3v) is 2.69. The molecule has 0 spiro atoms. The molecule has 4 nitrogen and oxygen atoms in total. The number of nitrogens with zero attached hydrogens (tertiary/aromatic N) is 2. The Morgan fingerprint density at radius 3 is 2.88 bits per heavy atom. The summed E-state index contributed by atoms with van der Waals surface area (Å²) in [6.45, 7) is 1.09. The van der Waals surface area contributed by atoms with Gasteiger partial charge in [0.25, 0.3) is 0 Å². The maximum atomic E-state index is 9.24. The highest BCUT2D eigenvalue weighted by atomic mass is 16.3. The summed E-state index contributed by atoms with van der Waals surface area (Å²) in [6, 6.07) is 3.84. The first-order valence-corrected chi connectivity index (χ1v) is 5.51. The van der Waals surface area contributed by atoms with E-state index >= 15 is 0 Å². The molecule has 0 atom stereocenters. The fourth-order valence-corrected chi connectivity index (χ4v) is 1.89. The SMILES string of the molecule is OCCCCn1cc(CO)c2cccnc21. The molecule has 0 unspecified atom stereocenters. The van der Waals surface area contributed by atoms with Gasteiger partial charge in [-0.15, -0.1) is 0 Å². The minimum Gasteiger partial charge on any atom is -0.396 e. The molecule has 0 saturated heterocycles. The average Bonchev–Trinajstić information content (AvgIpc) is 2.68. The highest BCUT2D eigenvalue weighted by Crippen LogP contribution is 2.19. The fourth-order valence-electron chi connectivity index (χ4n) is 1.89. The van der Waals surface area contributed by atoms with Gasteiger partial charge in [-0.1, -0.05) is 0 Å². The van der Waals surface area contributed by atoms with Crippen molar-refractivity contribution in [1.29, 1.82) is 0 Å². The van der Waals surface area contributed by atoms with Crippen molar-refractivity contribution in [2.45, 2.75) is 26.0 Å².